The zero-order valence-electron chi connectivity index (χ0n) is 11.3. The van der Waals surface area contributed by atoms with E-state index in [4.69, 9.17) is 9.84 Å². The lowest BCUT2D eigenvalue weighted by atomic mass is 10.1. The Labute approximate surface area is 118 Å². The van der Waals surface area contributed by atoms with Crippen LogP contribution in [0.15, 0.2) is 24.3 Å². The SMILES string of the molecule is COCc1ccccc1CNS(=O)(=O)CCCC(=O)O. The van der Waals surface area contributed by atoms with Crippen LogP contribution >= 0.6 is 0 Å². The van der Waals surface area contributed by atoms with Crippen molar-refractivity contribution in [1.29, 1.82) is 0 Å². The number of hydrogen-bond donors (Lipinski definition) is 2. The largest absolute Gasteiger partial charge is 0.481 e. The topological polar surface area (TPSA) is 92.7 Å². The van der Waals surface area contributed by atoms with Crippen LogP contribution in [0.5, 0.6) is 0 Å². The van der Waals surface area contributed by atoms with Gasteiger partial charge in [-0.2, -0.15) is 0 Å². The van der Waals surface area contributed by atoms with Gasteiger partial charge < -0.3 is 9.84 Å². The van der Waals surface area contributed by atoms with E-state index in [9.17, 15) is 13.2 Å². The molecule has 0 aliphatic carbocycles. The number of carboxylic acid groups (broad SMARTS) is 1. The number of methoxy groups -OCH3 is 1. The normalized spacial score (nSPS) is 11.4. The molecule has 1 aromatic rings. The number of rotatable bonds is 9. The molecule has 7 heteroatoms. The first-order chi connectivity index (χ1) is 9.44. The monoisotopic (exact) mass is 301 g/mol. The number of ether oxygens (including phenoxy) is 1. The van der Waals surface area contributed by atoms with Gasteiger partial charge in [0.1, 0.15) is 0 Å². The molecular formula is C13H19NO5S. The van der Waals surface area contributed by atoms with Gasteiger partial charge in [-0.1, -0.05) is 24.3 Å². The second kappa shape index (κ2) is 7.98. The fourth-order valence-corrected chi connectivity index (χ4v) is 2.74. The van der Waals surface area contributed by atoms with Gasteiger partial charge in [-0.3, -0.25) is 4.79 Å². The summed E-state index contributed by atoms with van der Waals surface area (Å²) < 4.78 is 31.0. The number of benzene rings is 1. The molecule has 20 heavy (non-hydrogen) atoms. The highest BCUT2D eigenvalue weighted by molar-refractivity contribution is 7.89. The van der Waals surface area contributed by atoms with Crippen LogP contribution in [0.2, 0.25) is 0 Å². The Morgan fingerprint density at radius 1 is 1.30 bits per heavy atom. The van der Waals surface area contributed by atoms with Crippen LogP contribution in [-0.4, -0.2) is 32.4 Å². The maximum Gasteiger partial charge on any atom is 0.303 e. The summed E-state index contributed by atoms with van der Waals surface area (Å²) in [4.78, 5) is 10.4. The highest BCUT2D eigenvalue weighted by Crippen LogP contribution is 2.10. The van der Waals surface area contributed by atoms with E-state index in [1.165, 1.54) is 0 Å². The van der Waals surface area contributed by atoms with Gasteiger partial charge >= 0.3 is 5.97 Å². The summed E-state index contributed by atoms with van der Waals surface area (Å²) in [6.45, 7) is 0.589. The van der Waals surface area contributed by atoms with E-state index >= 15 is 0 Å². The number of carbonyl (C=O) groups is 1. The van der Waals surface area contributed by atoms with Gasteiger partial charge in [0, 0.05) is 20.1 Å². The van der Waals surface area contributed by atoms with E-state index in [1.54, 1.807) is 7.11 Å². The fraction of sp³-hybridized carbons (Fsp3) is 0.462. The van der Waals surface area contributed by atoms with E-state index in [2.05, 4.69) is 4.72 Å². The average Bonchev–Trinajstić information content (AvgIpc) is 2.37. The first-order valence-corrected chi connectivity index (χ1v) is 7.84. The predicted octanol–water partition coefficient (Wildman–Crippen LogP) is 1.12. The van der Waals surface area contributed by atoms with Crippen LogP contribution < -0.4 is 4.72 Å². The van der Waals surface area contributed by atoms with Crippen molar-refractivity contribution >= 4 is 16.0 Å². The quantitative estimate of drug-likeness (QED) is 0.713. The first kappa shape index (κ1) is 16.6. The molecular weight excluding hydrogens is 282 g/mol. The van der Waals surface area contributed by atoms with Crippen molar-refractivity contribution in [3.05, 3.63) is 35.4 Å². The number of sulfonamides is 1. The second-order valence-corrected chi connectivity index (χ2v) is 6.27. The summed E-state index contributed by atoms with van der Waals surface area (Å²) in [5.74, 6) is -1.18. The summed E-state index contributed by atoms with van der Waals surface area (Å²) >= 11 is 0. The van der Waals surface area contributed by atoms with E-state index < -0.39 is 16.0 Å². The zero-order valence-corrected chi connectivity index (χ0v) is 12.1. The molecule has 0 saturated heterocycles. The smallest absolute Gasteiger partial charge is 0.303 e. The van der Waals surface area contributed by atoms with Gasteiger partial charge in [0.25, 0.3) is 0 Å². The van der Waals surface area contributed by atoms with Gasteiger partial charge in [0.2, 0.25) is 10.0 Å². The minimum Gasteiger partial charge on any atom is -0.481 e. The van der Waals surface area contributed by atoms with Crippen LogP contribution in [0.25, 0.3) is 0 Å². The average molecular weight is 301 g/mol. The number of nitrogens with one attached hydrogen (secondary N) is 1. The number of hydrogen-bond acceptors (Lipinski definition) is 4. The van der Waals surface area contributed by atoms with E-state index in [1.807, 2.05) is 24.3 Å². The van der Waals surface area contributed by atoms with Crippen molar-refractivity contribution < 1.29 is 23.1 Å². The van der Waals surface area contributed by atoms with Crippen molar-refractivity contribution in [3.63, 3.8) is 0 Å². The maximum absolute atomic E-state index is 11.7. The van der Waals surface area contributed by atoms with Gasteiger partial charge in [0.05, 0.1) is 12.4 Å². The Balaban J connectivity index is 2.55. The molecule has 0 aromatic heterocycles. The molecule has 1 rings (SSSR count). The Kier molecular flexibility index (Phi) is 6.63. The molecule has 2 N–H and O–H groups in total. The molecule has 112 valence electrons. The summed E-state index contributed by atoms with van der Waals surface area (Å²) in [6.07, 6.45) is -0.0500. The molecule has 1 aromatic carbocycles. The molecule has 0 heterocycles. The Hall–Kier alpha value is -1.44. The van der Waals surface area contributed by atoms with E-state index in [0.29, 0.717) is 6.61 Å². The Morgan fingerprint density at radius 3 is 2.55 bits per heavy atom. The first-order valence-electron chi connectivity index (χ1n) is 6.19. The summed E-state index contributed by atoms with van der Waals surface area (Å²) in [5.41, 5.74) is 1.76. The molecule has 0 aliphatic rings. The molecule has 6 nitrogen and oxygen atoms in total. The molecule has 0 spiro atoms. The highest BCUT2D eigenvalue weighted by atomic mass is 32.2. The van der Waals surface area contributed by atoms with Crippen molar-refractivity contribution in [2.75, 3.05) is 12.9 Å². The van der Waals surface area contributed by atoms with Crippen molar-refractivity contribution in [2.24, 2.45) is 0 Å². The summed E-state index contributed by atoms with van der Waals surface area (Å²) in [7, 11) is -1.89. The van der Waals surface area contributed by atoms with Crippen molar-refractivity contribution in [1.82, 2.24) is 4.72 Å². The third-order valence-electron chi connectivity index (χ3n) is 2.70. The van der Waals surface area contributed by atoms with Gasteiger partial charge in [-0.15, -0.1) is 0 Å². The number of aliphatic carboxylic acids is 1. The minimum absolute atomic E-state index is 0.102. The molecule has 0 atom stereocenters. The van der Waals surface area contributed by atoms with Gasteiger partial charge in [-0.25, -0.2) is 13.1 Å². The van der Waals surface area contributed by atoms with Crippen LogP contribution in [-0.2, 0) is 32.7 Å². The molecule has 0 radical (unpaired) electrons. The molecule has 0 saturated carbocycles. The van der Waals surface area contributed by atoms with Gasteiger partial charge in [-0.05, 0) is 17.5 Å². The van der Waals surface area contributed by atoms with Crippen LogP contribution in [0.1, 0.15) is 24.0 Å². The van der Waals surface area contributed by atoms with Crippen molar-refractivity contribution in [3.8, 4) is 0 Å². The van der Waals surface area contributed by atoms with Crippen LogP contribution in [0.3, 0.4) is 0 Å². The number of carboxylic acids is 1. The predicted molar refractivity (Wildman–Crippen MR) is 74.7 cm³/mol. The Morgan fingerprint density at radius 2 is 1.95 bits per heavy atom. The molecule has 0 fully saturated rings. The third kappa shape index (κ3) is 6.14. The van der Waals surface area contributed by atoms with Crippen molar-refractivity contribution in [2.45, 2.75) is 26.0 Å². The van der Waals surface area contributed by atoms with Crippen LogP contribution in [0.4, 0.5) is 0 Å². The van der Waals surface area contributed by atoms with Gasteiger partial charge in [0.15, 0.2) is 0 Å². The Bertz CT molecular complexity index is 541. The molecule has 0 unspecified atom stereocenters. The lowest BCUT2D eigenvalue weighted by molar-refractivity contribution is -0.137. The standard InChI is InChI=1S/C13H19NO5S/c1-19-10-12-6-3-2-5-11(12)9-14-20(17,18)8-4-7-13(15)16/h2-3,5-6,14H,4,7-10H2,1H3,(H,15,16). The van der Waals surface area contributed by atoms with E-state index in [0.717, 1.165) is 11.1 Å². The lowest BCUT2D eigenvalue weighted by Gasteiger charge is -2.10. The van der Waals surface area contributed by atoms with E-state index in [-0.39, 0.29) is 25.1 Å². The fourth-order valence-electron chi connectivity index (χ4n) is 1.70. The second-order valence-electron chi connectivity index (χ2n) is 4.34. The minimum atomic E-state index is -3.46. The lowest BCUT2D eigenvalue weighted by Crippen LogP contribution is -2.26. The zero-order chi connectivity index (χ0) is 15.0. The molecule has 0 bridgehead atoms. The highest BCUT2D eigenvalue weighted by Gasteiger charge is 2.12. The molecule has 0 amide bonds. The van der Waals surface area contributed by atoms with Crippen LogP contribution in [0, 0.1) is 0 Å². The third-order valence-corrected chi connectivity index (χ3v) is 4.11. The summed E-state index contributed by atoms with van der Waals surface area (Å²) in [6, 6.07) is 7.39. The summed E-state index contributed by atoms with van der Waals surface area (Å²) in [5, 5.41) is 8.48. The molecule has 0 aliphatic heterocycles. The maximum atomic E-state index is 11.7.